The molecule has 1 amide bonds. The van der Waals surface area contributed by atoms with Gasteiger partial charge < -0.3 is 20.6 Å². The second-order valence-electron chi connectivity index (χ2n) is 4.70. The van der Waals surface area contributed by atoms with Gasteiger partial charge in [0, 0.05) is 12.4 Å². The van der Waals surface area contributed by atoms with Crippen molar-refractivity contribution in [1.82, 2.24) is 15.1 Å². The number of para-hydroxylation sites is 1. The number of hydrogen-bond acceptors (Lipinski definition) is 5. The zero-order valence-corrected chi connectivity index (χ0v) is 11.1. The number of aromatic nitrogens is 2. The van der Waals surface area contributed by atoms with Crippen molar-refractivity contribution in [2.75, 3.05) is 19.8 Å². The first-order valence-electron chi connectivity index (χ1n) is 6.14. The van der Waals surface area contributed by atoms with E-state index in [9.17, 15) is 20.1 Å². The minimum atomic E-state index is -1.46. The van der Waals surface area contributed by atoms with Gasteiger partial charge in [0.05, 0.1) is 25.3 Å². The third-order valence-electron chi connectivity index (χ3n) is 3.26. The van der Waals surface area contributed by atoms with E-state index < -0.39 is 31.3 Å². The van der Waals surface area contributed by atoms with E-state index in [0.29, 0.717) is 5.39 Å². The monoisotopic (exact) mass is 279 g/mol. The first-order chi connectivity index (χ1) is 9.56. The number of rotatable bonds is 5. The van der Waals surface area contributed by atoms with E-state index in [1.165, 1.54) is 0 Å². The molecular formula is C13H17N3O4. The van der Waals surface area contributed by atoms with Crippen LogP contribution < -0.4 is 5.32 Å². The molecule has 2 aromatic rings. The number of nitrogens with one attached hydrogen (secondary N) is 1. The van der Waals surface area contributed by atoms with Crippen LogP contribution in [0.25, 0.3) is 10.9 Å². The van der Waals surface area contributed by atoms with Crippen molar-refractivity contribution >= 4 is 16.8 Å². The molecule has 0 bridgehead atoms. The van der Waals surface area contributed by atoms with Crippen molar-refractivity contribution < 1.29 is 20.1 Å². The molecule has 0 radical (unpaired) electrons. The SMILES string of the molecule is Cn1nc(C(=O)NC(CO)(CO)CO)c2ccccc21. The van der Waals surface area contributed by atoms with Crippen LogP contribution >= 0.6 is 0 Å². The Morgan fingerprint density at radius 3 is 2.45 bits per heavy atom. The summed E-state index contributed by atoms with van der Waals surface area (Å²) in [6, 6.07) is 7.22. The van der Waals surface area contributed by atoms with Crippen LogP contribution in [0.3, 0.4) is 0 Å². The fourth-order valence-electron chi connectivity index (χ4n) is 1.95. The van der Waals surface area contributed by atoms with E-state index in [-0.39, 0.29) is 5.69 Å². The lowest BCUT2D eigenvalue weighted by molar-refractivity contribution is 0.0373. The first kappa shape index (κ1) is 14.4. The summed E-state index contributed by atoms with van der Waals surface area (Å²) < 4.78 is 1.57. The summed E-state index contributed by atoms with van der Waals surface area (Å²) in [5.41, 5.74) is -0.488. The molecule has 0 spiro atoms. The molecule has 20 heavy (non-hydrogen) atoms. The Balaban J connectivity index is 2.37. The Morgan fingerprint density at radius 2 is 1.85 bits per heavy atom. The Bertz CT molecular complexity index is 611. The van der Waals surface area contributed by atoms with E-state index in [2.05, 4.69) is 10.4 Å². The quantitative estimate of drug-likeness (QED) is 0.562. The number of benzene rings is 1. The van der Waals surface area contributed by atoms with E-state index in [1.54, 1.807) is 23.9 Å². The van der Waals surface area contributed by atoms with E-state index >= 15 is 0 Å². The average molecular weight is 279 g/mol. The third-order valence-corrected chi connectivity index (χ3v) is 3.26. The van der Waals surface area contributed by atoms with Crippen molar-refractivity contribution in [2.45, 2.75) is 5.54 Å². The van der Waals surface area contributed by atoms with Gasteiger partial charge in [-0.15, -0.1) is 0 Å². The van der Waals surface area contributed by atoms with Gasteiger partial charge in [-0.3, -0.25) is 9.48 Å². The molecule has 2 rings (SSSR count). The molecule has 7 nitrogen and oxygen atoms in total. The number of aryl methyl sites for hydroxylation is 1. The predicted molar refractivity (Wildman–Crippen MR) is 72.2 cm³/mol. The second-order valence-corrected chi connectivity index (χ2v) is 4.70. The number of carbonyl (C=O) groups excluding carboxylic acids is 1. The molecular weight excluding hydrogens is 262 g/mol. The molecule has 0 aliphatic carbocycles. The molecule has 0 fully saturated rings. The molecule has 0 aliphatic heterocycles. The summed E-state index contributed by atoms with van der Waals surface area (Å²) in [4.78, 5) is 12.2. The van der Waals surface area contributed by atoms with Crippen LogP contribution in [0.15, 0.2) is 24.3 Å². The Hall–Kier alpha value is -1.96. The van der Waals surface area contributed by atoms with Gasteiger partial charge in [0.2, 0.25) is 0 Å². The zero-order valence-electron chi connectivity index (χ0n) is 11.1. The predicted octanol–water partition coefficient (Wildman–Crippen LogP) is -0.981. The van der Waals surface area contributed by atoms with Gasteiger partial charge in [-0.25, -0.2) is 0 Å². The summed E-state index contributed by atoms with van der Waals surface area (Å²) in [7, 11) is 1.72. The zero-order chi connectivity index (χ0) is 14.8. The van der Waals surface area contributed by atoms with Gasteiger partial charge in [-0.1, -0.05) is 18.2 Å². The van der Waals surface area contributed by atoms with Gasteiger partial charge in [-0.05, 0) is 6.07 Å². The maximum absolute atomic E-state index is 12.2. The third kappa shape index (κ3) is 2.38. The van der Waals surface area contributed by atoms with Crippen LogP contribution in [0.4, 0.5) is 0 Å². The molecule has 108 valence electrons. The fraction of sp³-hybridized carbons (Fsp3) is 0.385. The van der Waals surface area contributed by atoms with Gasteiger partial charge >= 0.3 is 0 Å². The fourth-order valence-corrected chi connectivity index (χ4v) is 1.95. The number of carbonyl (C=O) groups is 1. The number of hydrogen-bond donors (Lipinski definition) is 4. The van der Waals surface area contributed by atoms with Gasteiger partial charge in [-0.2, -0.15) is 5.10 Å². The van der Waals surface area contributed by atoms with Gasteiger partial charge in [0.1, 0.15) is 5.54 Å². The summed E-state index contributed by atoms with van der Waals surface area (Å²) >= 11 is 0. The van der Waals surface area contributed by atoms with Gasteiger partial charge in [0.25, 0.3) is 5.91 Å². The molecule has 7 heteroatoms. The lowest BCUT2D eigenvalue weighted by atomic mass is 10.0. The van der Waals surface area contributed by atoms with Crippen molar-refractivity contribution in [3.05, 3.63) is 30.0 Å². The van der Waals surface area contributed by atoms with E-state index in [4.69, 9.17) is 0 Å². The molecule has 0 unspecified atom stereocenters. The highest BCUT2D eigenvalue weighted by Crippen LogP contribution is 2.18. The number of amides is 1. The van der Waals surface area contributed by atoms with Crippen LogP contribution in [0.2, 0.25) is 0 Å². The molecule has 0 atom stereocenters. The summed E-state index contributed by atoms with van der Waals surface area (Å²) in [6.07, 6.45) is 0. The number of aliphatic hydroxyl groups is 3. The molecule has 4 N–H and O–H groups in total. The normalized spacial score (nSPS) is 11.8. The number of nitrogens with zero attached hydrogens (tertiary/aromatic N) is 2. The molecule has 1 heterocycles. The standard InChI is InChI=1S/C13H17N3O4/c1-16-10-5-3-2-4-9(10)11(15-16)12(20)14-13(6-17,7-18)8-19/h2-5,17-19H,6-8H2,1H3,(H,14,20). The molecule has 1 aromatic heterocycles. The number of aliphatic hydroxyl groups excluding tert-OH is 3. The molecule has 0 aliphatic rings. The van der Waals surface area contributed by atoms with Crippen LogP contribution in [-0.2, 0) is 7.05 Å². The van der Waals surface area contributed by atoms with Crippen molar-refractivity contribution in [3.8, 4) is 0 Å². The smallest absolute Gasteiger partial charge is 0.273 e. The van der Waals surface area contributed by atoms with Crippen molar-refractivity contribution in [1.29, 1.82) is 0 Å². The number of fused-ring (bicyclic) bond motifs is 1. The minimum Gasteiger partial charge on any atom is -0.394 e. The lowest BCUT2D eigenvalue weighted by Crippen LogP contribution is -2.57. The van der Waals surface area contributed by atoms with Crippen molar-refractivity contribution in [2.24, 2.45) is 7.05 Å². The highest BCUT2D eigenvalue weighted by atomic mass is 16.3. The lowest BCUT2D eigenvalue weighted by Gasteiger charge is -2.28. The van der Waals surface area contributed by atoms with Gasteiger partial charge in [0.15, 0.2) is 5.69 Å². The van der Waals surface area contributed by atoms with Crippen molar-refractivity contribution in [3.63, 3.8) is 0 Å². The topological polar surface area (TPSA) is 108 Å². The summed E-state index contributed by atoms with van der Waals surface area (Å²) in [6.45, 7) is -1.72. The second kappa shape index (κ2) is 5.58. The minimum absolute atomic E-state index is 0.183. The van der Waals surface area contributed by atoms with Crippen LogP contribution in [0.1, 0.15) is 10.5 Å². The van der Waals surface area contributed by atoms with Crippen LogP contribution in [0.5, 0.6) is 0 Å². The Morgan fingerprint density at radius 1 is 1.25 bits per heavy atom. The van der Waals surface area contributed by atoms with E-state index in [1.807, 2.05) is 12.1 Å². The largest absolute Gasteiger partial charge is 0.394 e. The van der Waals surface area contributed by atoms with Crippen LogP contribution in [0, 0.1) is 0 Å². The highest BCUT2D eigenvalue weighted by Gasteiger charge is 2.31. The van der Waals surface area contributed by atoms with E-state index in [0.717, 1.165) is 5.52 Å². The highest BCUT2D eigenvalue weighted by molar-refractivity contribution is 6.05. The van der Waals surface area contributed by atoms with Crippen LogP contribution in [-0.4, -0.2) is 56.4 Å². The Labute approximate surface area is 115 Å². The Kier molecular flexibility index (Phi) is 4.03. The maximum Gasteiger partial charge on any atom is 0.273 e. The maximum atomic E-state index is 12.2. The summed E-state index contributed by atoms with van der Waals surface area (Å²) in [5, 5.41) is 34.9. The molecule has 1 aromatic carbocycles. The molecule has 0 saturated heterocycles. The summed E-state index contributed by atoms with van der Waals surface area (Å²) in [5.74, 6) is -0.557. The average Bonchev–Trinajstić information content (AvgIpc) is 2.83. The molecule has 0 saturated carbocycles. The first-order valence-corrected chi connectivity index (χ1v) is 6.14.